The maximum Gasteiger partial charge on any atom is 0.138 e. The maximum atomic E-state index is 6.08. The van der Waals surface area contributed by atoms with Gasteiger partial charge in [-0.2, -0.15) is 0 Å². The van der Waals surface area contributed by atoms with Gasteiger partial charge in [-0.05, 0) is 6.92 Å². The van der Waals surface area contributed by atoms with Crippen LogP contribution in [-0.2, 0) is 20.1 Å². The van der Waals surface area contributed by atoms with Crippen molar-refractivity contribution in [1.29, 1.82) is 0 Å². The van der Waals surface area contributed by atoms with Gasteiger partial charge < -0.3 is 4.57 Å². The van der Waals surface area contributed by atoms with Crippen LogP contribution >= 0.6 is 23.1 Å². The summed E-state index contributed by atoms with van der Waals surface area (Å²) in [4.78, 5) is 9.27. The van der Waals surface area contributed by atoms with Crippen molar-refractivity contribution in [3.63, 3.8) is 0 Å². The summed E-state index contributed by atoms with van der Waals surface area (Å²) in [7, 11) is 2.04. The molecule has 1 aliphatic heterocycles. The molecule has 2 aromatic rings. The van der Waals surface area contributed by atoms with Gasteiger partial charge in [0.15, 0.2) is 0 Å². The van der Waals surface area contributed by atoms with E-state index in [9.17, 15) is 0 Å². The van der Waals surface area contributed by atoms with E-state index in [0.29, 0.717) is 10.4 Å². The molecule has 1 unspecified atom stereocenters. The van der Waals surface area contributed by atoms with Crippen molar-refractivity contribution in [3.8, 4) is 0 Å². The normalized spacial score (nSPS) is 21.0. The van der Waals surface area contributed by atoms with E-state index in [-0.39, 0.29) is 0 Å². The van der Waals surface area contributed by atoms with E-state index in [2.05, 4.69) is 35.9 Å². The van der Waals surface area contributed by atoms with Crippen molar-refractivity contribution in [2.45, 2.75) is 26.1 Å². The summed E-state index contributed by atoms with van der Waals surface area (Å²) in [6, 6.07) is 0.487. The second-order valence-corrected chi connectivity index (χ2v) is 6.86. The minimum Gasteiger partial charge on any atom is -0.337 e. The minimum atomic E-state index is 0.487. The fraction of sp³-hybridized carbons (Fsp3) is 0.615. The Kier molecular flexibility index (Phi) is 4.54. The van der Waals surface area contributed by atoms with Gasteiger partial charge in [0.1, 0.15) is 15.9 Å². The van der Waals surface area contributed by atoms with Crippen LogP contribution in [0.5, 0.6) is 0 Å². The SMILES string of the molecule is CC1CN(Cc2nnsc2Cl)CCN1Cc1nccn1C. The molecule has 21 heavy (non-hydrogen) atoms. The van der Waals surface area contributed by atoms with E-state index in [1.807, 2.05) is 19.4 Å². The fourth-order valence-corrected chi connectivity index (χ4v) is 3.29. The number of hydrogen-bond donors (Lipinski definition) is 0. The van der Waals surface area contributed by atoms with Gasteiger partial charge in [-0.15, -0.1) is 5.10 Å². The van der Waals surface area contributed by atoms with Crippen LogP contribution in [-0.4, -0.2) is 54.6 Å². The first kappa shape index (κ1) is 14.9. The van der Waals surface area contributed by atoms with Crippen molar-refractivity contribution in [2.75, 3.05) is 19.6 Å². The first-order valence-electron chi connectivity index (χ1n) is 7.03. The van der Waals surface area contributed by atoms with Gasteiger partial charge >= 0.3 is 0 Å². The van der Waals surface area contributed by atoms with Gasteiger partial charge in [-0.3, -0.25) is 9.80 Å². The standard InChI is InChI=1S/C13H19ClN6S/c1-10-7-19(8-11-13(14)21-17-16-11)5-6-20(10)9-12-15-3-4-18(12)2/h3-4,10H,5-9H2,1-2H3. The van der Waals surface area contributed by atoms with E-state index >= 15 is 0 Å². The number of rotatable bonds is 4. The maximum absolute atomic E-state index is 6.08. The van der Waals surface area contributed by atoms with Gasteiger partial charge in [0.05, 0.1) is 6.54 Å². The smallest absolute Gasteiger partial charge is 0.138 e. The Morgan fingerprint density at radius 3 is 2.86 bits per heavy atom. The molecule has 0 aromatic carbocycles. The lowest BCUT2D eigenvalue weighted by Gasteiger charge is -2.39. The molecule has 0 spiro atoms. The predicted molar refractivity (Wildman–Crippen MR) is 83.3 cm³/mol. The lowest BCUT2D eigenvalue weighted by molar-refractivity contribution is 0.0700. The summed E-state index contributed by atoms with van der Waals surface area (Å²) in [6.07, 6.45) is 3.85. The topological polar surface area (TPSA) is 50.1 Å². The molecular weight excluding hydrogens is 308 g/mol. The number of piperazine rings is 1. The molecular formula is C13H19ClN6S. The molecule has 2 aromatic heterocycles. The Labute approximate surface area is 133 Å². The molecule has 1 saturated heterocycles. The summed E-state index contributed by atoms with van der Waals surface area (Å²) in [5.41, 5.74) is 0.895. The van der Waals surface area contributed by atoms with Gasteiger partial charge in [0, 0.05) is 63.2 Å². The Hall–Kier alpha value is -1.02. The van der Waals surface area contributed by atoms with E-state index in [0.717, 1.165) is 44.2 Å². The van der Waals surface area contributed by atoms with Crippen LogP contribution in [0.1, 0.15) is 18.4 Å². The van der Waals surface area contributed by atoms with Crippen LogP contribution in [0.3, 0.4) is 0 Å². The molecule has 1 aliphatic rings. The van der Waals surface area contributed by atoms with Crippen molar-refractivity contribution in [3.05, 3.63) is 28.2 Å². The molecule has 114 valence electrons. The molecule has 3 heterocycles. The Morgan fingerprint density at radius 1 is 1.38 bits per heavy atom. The molecule has 0 aliphatic carbocycles. The molecule has 8 heteroatoms. The largest absolute Gasteiger partial charge is 0.337 e. The summed E-state index contributed by atoms with van der Waals surface area (Å²) in [6.45, 7) is 7.01. The second-order valence-electron chi connectivity index (χ2n) is 5.50. The molecule has 0 bridgehead atoms. The summed E-state index contributed by atoms with van der Waals surface area (Å²) in [5, 5.41) is 4.09. The first-order chi connectivity index (χ1) is 10.1. The number of aryl methyl sites for hydroxylation is 1. The summed E-state index contributed by atoms with van der Waals surface area (Å²) in [5.74, 6) is 1.11. The molecule has 6 nitrogen and oxygen atoms in total. The van der Waals surface area contributed by atoms with Gasteiger partial charge in [0.2, 0.25) is 0 Å². The van der Waals surface area contributed by atoms with E-state index in [4.69, 9.17) is 11.6 Å². The molecule has 1 atom stereocenters. The van der Waals surface area contributed by atoms with Gasteiger partial charge in [-0.1, -0.05) is 16.1 Å². The van der Waals surface area contributed by atoms with Gasteiger partial charge in [-0.25, -0.2) is 4.98 Å². The quantitative estimate of drug-likeness (QED) is 0.854. The Balaban J connectivity index is 1.57. The molecule has 1 fully saturated rings. The third-order valence-corrected chi connectivity index (χ3v) is 4.98. The molecule has 0 saturated carbocycles. The zero-order chi connectivity index (χ0) is 14.8. The first-order valence-corrected chi connectivity index (χ1v) is 8.18. The molecule has 0 N–H and O–H groups in total. The van der Waals surface area contributed by atoms with E-state index in [1.54, 1.807) is 0 Å². The lowest BCUT2D eigenvalue weighted by atomic mass is 10.2. The number of aromatic nitrogens is 4. The van der Waals surface area contributed by atoms with Crippen molar-refractivity contribution >= 4 is 23.1 Å². The van der Waals surface area contributed by atoms with Crippen LogP contribution in [0.15, 0.2) is 12.4 Å². The van der Waals surface area contributed by atoms with E-state index < -0.39 is 0 Å². The highest BCUT2D eigenvalue weighted by Gasteiger charge is 2.25. The molecule has 0 radical (unpaired) electrons. The third-order valence-electron chi connectivity index (χ3n) is 4.00. The highest BCUT2D eigenvalue weighted by atomic mass is 35.5. The highest BCUT2D eigenvalue weighted by Crippen LogP contribution is 2.21. The van der Waals surface area contributed by atoms with Crippen LogP contribution in [0.25, 0.3) is 0 Å². The summed E-state index contributed by atoms with van der Waals surface area (Å²) < 4.78 is 6.68. The highest BCUT2D eigenvalue weighted by molar-refractivity contribution is 7.10. The Bertz CT molecular complexity index is 597. The third kappa shape index (κ3) is 3.42. The van der Waals surface area contributed by atoms with Crippen LogP contribution in [0.4, 0.5) is 0 Å². The summed E-state index contributed by atoms with van der Waals surface area (Å²) >= 11 is 7.34. The average Bonchev–Trinajstić information content (AvgIpc) is 3.03. The number of nitrogens with zero attached hydrogens (tertiary/aromatic N) is 6. The zero-order valence-electron chi connectivity index (χ0n) is 12.2. The minimum absolute atomic E-state index is 0.487. The number of imidazole rings is 1. The second kappa shape index (κ2) is 6.39. The van der Waals surface area contributed by atoms with Crippen molar-refractivity contribution < 1.29 is 0 Å². The fourth-order valence-electron chi connectivity index (χ4n) is 2.68. The molecule has 0 amide bonds. The Morgan fingerprint density at radius 2 is 2.24 bits per heavy atom. The van der Waals surface area contributed by atoms with Crippen molar-refractivity contribution in [1.82, 2.24) is 28.9 Å². The van der Waals surface area contributed by atoms with Crippen LogP contribution in [0.2, 0.25) is 4.34 Å². The zero-order valence-corrected chi connectivity index (χ0v) is 13.8. The molecule has 3 rings (SSSR count). The number of hydrogen-bond acceptors (Lipinski definition) is 6. The lowest BCUT2D eigenvalue weighted by Crippen LogP contribution is -2.51. The average molecular weight is 327 g/mol. The predicted octanol–water partition coefficient (Wildman–Crippen LogP) is 1.63. The van der Waals surface area contributed by atoms with Crippen molar-refractivity contribution in [2.24, 2.45) is 7.05 Å². The van der Waals surface area contributed by atoms with E-state index in [1.165, 1.54) is 11.5 Å². The van der Waals surface area contributed by atoms with Crippen LogP contribution in [0, 0.1) is 0 Å². The monoisotopic (exact) mass is 326 g/mol. The van der Waals surface area contributed by atoms with Crippen LogP contribution < -0.4 is 0 Å². The number of halogens is 1. The van der Waals surface area contributed by atoms with Gasteiger partial charge in [0.25, 0.3) is 0 Å².